The standard InChI is InChI=1S/C31H31Cl2N7O2/c1-38-28-22(10-18(12-25(28)42-2)30(41)40-14-17-6-7-23(40)26(17)34)36-29(38)24-11-16-4-3-5-20(21-8-9-35-37-21)27(16)39(24)15-19-13-31(19,32)33/h3-5,8-12,17,19,23,26H,6-7,13-15,34H2,1-2H3,(H,35,37)/t17-,19?,23-,26-/m1/s1. The Balaban J connectivity index is 1.28. The summed E-state index contributed by atoms with van der Waals surface area (Å²) in [5.74, 6) is 1.84. The first-order valence-electron chi connectivity index (χ1n) is 14.4. The number of amides is 1. The van der Waals surface area contributed by atoms with Gasteiger partial charge in [0.15, 0.2) is 5.82 Å². The van der Waals surface area contributed by atoms with E-state index in [2.05, 4.69) is 33.0 Å². The Morgan fingerprint density at radius 2 is 2.02 bits per heavy atom. The lowest BCUT2D eigenvalue weighted by atomic mass is 10.1. The Morgan fingerprint density at radius 3 is 2.69 bits per heavy atom. The average molecular weight is 605 g/mol. The molecule has 8 rings (SSSR count). The number of hydrogen-bond donors (Lipinski definition) is 2. The number of aryl methyl sites for hydroxylation is 1. The molecule has 3 fully saturated rings. The van der Waals surface area contributed by atoms with Crippen molar-refractivity contribution in [2.45, 2.75) is 42.2 Å². The molecular formula is C31H31Cl2N7O2. The van der Waals surface area contributed by atoms with Crippen molar-refractivity contribution in [3.63, 3.8) is 0 Å². The highest BCUT2D eigenvalue weighted by Crippen LogP contribution is 2.55. The van der Waals surface area contributed by atoms with Gasteiger partial charge in [0.2, 0.25) is 0 Å². The predicted octanol–water partition coefficient (Wildman–Crippen LogP) is 5.35. The molecule has 2 saturated carbocycles. The van der Waals surface area contributed by atoms with Gasteiger partial charge in [0.25, 0.3) is 5.91 Å². The smallest absolute Gasteiger partial charge is 0.254 e. The van der Waals surface area contributed by atoms with Crippen LogP contribution in [0.1, 0.15) is 29.6 Å². The number of nitrogens with two attached hydrogens (primary N) is 1. The number of carbonyl (C=O) groups excluding carboxylic acids is 1. The maximum absolute atomic E-state index is 13.7. The van der Waals surface area contributed by atoms with E-state index >= 15 is 0 Å². The summed E-state index contributed by atoms with van der Waals surface area (Å²) < 4.78 is 9.41. The number of para-hydroxylation sites is 1. The van der Waals surface area contributed by atoms with Gasteiger partial charge in [-0.3, -0.25) is 9.89 Å². The van der Waals surface area contributed by atoms with Crippen LogP contribution in [-0.4, -0.2) is 65.2 Å². The molecule has 2 aromatic carbocycles. The van der Waals surface area contributed by atoms with Gasteiger partial charge >= 0.3 is 0 Å². The summed E-state index contributed by atoms with van der Waals surface area (Å²) in [7, 11) is 3.61. The molecule has 0 spiro atoms. The maximum Gasteiger partial charge on any atom is 0.254 e. The number of rotatable bonds is 6. The fourth-order valence-electron chi connectivity index (χ4n) is 7.27. The number of H-pyrrole nitrogens is 1. The molecule has 1 aliphatic heterocycles. The van der Waals surface area contributed by atoms with Crippen molar-refractivity contribution >= 4 is 51.0 Å². The normalized spacial score (nSPS) is 24.3. The quantitative estimate of drug-likeness (QED) is 0.254. The third kappa shape index (κ3) is 3.83. The second-order valence-corrected chi connectivity index (χ2v) is 13.5. The van der Waals surface area contributed by atoms with E-state index in [0.717, 1.165) is 58.5 Å². The van der Waals surface area contributed by atoms with Gasteiger partial charge in [0, 0.05) is 60.8 Å². The molecule has 1 unspecified atom stereocenters. The Hall–Kier alpha value is -3.53. The number of hydrogen-bond acceptors (Lipinski definition) is 5. The van der Waals surface area contributed by atoms with Gasteiger partial charge in [-0.25, -0.2) is 4.98 Å². The Labute approximate surface area is 252 Å². The minimum Gasteiger partial charge on any atom is -0.494 e. The number of fused-ring (bicyclic) bond motifs is 4. The predicted molar refractivity (Wildman–Crippen MR) is 164 cm³/mol. The number of methoxy groups -OCH3 is 1. The Kier molecular flexibility index (Phi) is 5.74. The highest BCUT2D eigenvalue weighted by atomic mass is 35.5. The van der Waals surface area contributed by atoms with Crippen LogP contribution in [0.5, 0.6) is 5.75 Å². The first-order chi connectivity index (χ1) is 20.2. The van der Waals surface area contributed by atoms with Crippen molar-refractivity contribution in [1.29, 1.82) is 0 Å². The summed E-state index contributed by atoms with van der Waals surface area (Å²) in [5, 5.41) is 8.46. The summed E-state index contributed by atoms with van der Waals surface area (Å²) in [6.45, 7) is 1.34. The molecular weight excluding hydrogens is 573 g/mol. The van der Waals surface area contributed by atoms with Crippen LogP contribution < -0.4 is 10.5 Å². The summed E-state index contributed by atoms with van der Waals surface area (Å²) in [4.78, 5) is 20.8. The molecule has 0 radical (unpaired) electrons. The fourth-order valence-corrected chi connectivity index (χ4v) is 7.78. The zero-order valence-electron chi connectivity index (χ0n) is 23.3. The van der Waals surface area contributed by atoms with E-state index in [9.17, 15) is 4.79 Å². The van der Waals surface area contributed by atoms with Crippen LogP contribution >= 0.6 is 23.2 Å². The zero-order chi connectivity index (χ0) is 28.9. The largest absolute Gasteiger partial charge is 0.494 e. The molecule has 5 aromatic rings. The molecule has 2 bridgehead atoms. The van der Waals surface area contributed by atoms with Crippen molar-refractivity contribution in [1.82, 2.24) is 29.2 Å². The number of likely N-dealkylation sites (tertiary alicyclic amines) is 1. The summed E-state index contributed by atoms with van der Waals surface area (Å²) in [5.41, 5.74) is 12.3. The minimum atomic E-state index is -0.739. The number of carbonyl (C=O) groups is 1. The van der Waals surface area contributed by atoms with E-state index in [1.54, 1.807) is 7.11 Å². The number of halogens is 2. The summed E-state index contributed by atoms with van der Waals surface area (Å²) >= 11 is 13.1. The van der Waals surface area contributed by atoms with Crippen molar-refractivity contribution in [2.75, 3.05) is 13.7 Å². The van der Waals surface area contributed by atoms with Crippen LogP contribution in [-0.2, 0) is 13.6 Å². The maximum atomic E-state index is 13.7. The van der Waals surface area contributed by atoms with Crippen LogP contribution in [0.4, 0.5) is 0 Å². The molecule has 9 nitrogen and oxygen atoms in total. The molecule has 4 heterocycles. The third-order valence-electron chi connectivity index (χ3n) is 9.60. The van der Waals surface area contributed by atoms with Gasteiger partial charge in [-0.2, -0.15) is 5.10 Å². The zero-order valence-corrected chi connectivity index (χ0v) is 24.9. The highest BCUT2D eigenvalue weighted by molar-refractivity contribution is 6.50. The minimum absolute atomic E-state index is 0.0166. The SMILES string of the molecule is COc1cc(C(=O)N2C[C@H]3CC[C@@H]2[C@@H]3N)cc2nc(-c3cc4cccc(-c5cc[nH]n5)c4n3CC3CC3(Cl)Cl)n(C)c12. The molecule has 42 heavy (non-hydrogen) atoms. The van der Waals surface area contributed by atoms with Crippen molar-refractivity contribution in [2.24, 2.45) is 24.6 Å². The molecule has 4 atom stereocenters. The number of piperidine rings is 1. The van der Waals surface area contributed by atoms with Crippen molar-refractivity contribution < 1.29 is 9.53 Å². The topological polar surface area (TPSA) is 107 Å². The first-order valence-corrected chi connectivity index (χ1v) is 15.1. The summed E-state index contributed by atoms with van der Waals surface area (Å²) in [6.07, 6.45) is 4.60. The third-order valence-corrected chi connectivity index (χ3v) is 10.5. The second-order valence-electron chi connectivity index (χ2n) is 12.0. The van der Waals surface area contributed by atoms with E-state index in [-0.39, 0.29) is 23.9 Å². The van der Waals surface area contributed by atoms with Gasteiger partial charge in [-0.05, 0) is 49.4 Å². The van der Waals surface area contributed by atoms with Gasteiger partial charge in [-0.1, -0.05) is 18.2 Å². The van der Waals surface area contributed by atoms with E-state index in [4.69, 9.17) is 38.7 Å². The number of ether oxygens (including phenoxy) is 1. The molecule has 216 valence electrons. The van der Waals surface area contributed by atoms with Gasteiger partial charge in [0.05, 0.1) is 29.5 Å². The molecule has 3 aliphatic rings. The van der Waals surface area contributed by atoms with E-state index in [1.165, 1.54) is 0 Å². The molecule has 1 amide bonds. The number of benzene rings is 2. The van der Waals surface area contributed by atoms with Crippen LogP contribution in [0, 0.1) is 11.8 Å². The number of aromatic nitrogens is 5. The lowest BCUT2D eigenvalue weighted by Crippen LogP contribution is -2.41. The average Bonchev–Trinajstić information content (AvgIpc) is 3.63. The molecule has 3 N–H and O–H groups in total. The van der Waals surface area contributed by atoms with E-state index < -0.39 is 4.33 Å². The molecule has 3 aromatic heterocycles. The van der Waals surface area contributed by atoms with E-state index in [1.807, 2.05) is 47.0 Å². The fraction of sp³-hybridized carbons (Fsp3) is 0.387. The number of alkyl halides is 2. The van der Waals surface area contributed by atoms with Crippen LogP contribution in [0.3, 0.4) is 0 Å². The van der Waals surface area contributed by atoms with Crippen LogP contribution in [0.2, 0.25) is 0 Å². The molecule has 1 saturated heterocycles. The monoisotopic (exact) mass is 603 g/mol. The molecule has 11 heteroatoms. The number of nitrogens with one attached hydrogen (secondary N) is 1. The lowest BCUT2D eigenvalue weighted by molar-refractivity contribution is 0.0700. The van der Waals surface area contributed by atoms with Crippen LogP contribution in [0.15, 0.2) is 48.7 Å². The Morgan fingerprint density at radius 1 is 1.19 bits per heavy atom. The highest BCUT2D eigenvalue weighted by Gasteiger charge is 2.52. The summed E-state index contributed by atoms with van der Waals surface area (Å²) in [6, 6.07) is 14.2. The Bertz CT molecular complexity index is 1880. The van der Waals surface area contributed by atoms with Gasteiger partial charge in [-0.15, -0.1) is 23.2 Å². The number of aromatic amines is 1. The van der Waals surface area contributed by atoms with Gasteiger partial charge < -0.3 is 24.5 Å². The first kappa shape index (κ1) is 26.1. The molecule has 2 aliphatic carbocycles. The second kappa shape index (κ2) is 9.23. The van der Waals surface area contributed by atoms with Crippen molar-refractivity contribution in [3.05, 3.63) is 54.2 Å². The van der Waals surface area contributed by atoms with Gasteiger partial charge in [0.1, 0.15) is 15.6 Å². The van der Waals surface area contributed by atoms with Crippen LogP contribution in [0.25, 0.3) is 44.7 Å². The lowest BCUT2D eigenvalue weighted by Gasteiger charge is -2.27. The number of imidazole rings is 1. The van der Waals surface area contributed by atoms with E-state index in [0.29, 0.717) is 35.8 Å². The number of nitrogens with zero attached hydrogens (tertiary/aromatic N) is 5. The van der Waals surface area contributed by atoms with Crippen molar-refractivity contribution in [3.8, 4) is 28.5 Å².